The molecular formula is C17H25N3O. The van der Waals surface area contributed by atoms with Crippen molar-refractivity contribution < 1.29 is 4.74 Å². The Balaban J connectivity index is 2.31. The molecule has 1 heterocycles. The van der Waals surface area contributed by atoms with E-state index in [0.717, 1.165) is 24.4 Å². The molecule has 1 N–H and O–H groups in total. The predicted molar refractivity (Wildman–Crippen MR) is 85.7 cm³/mol. The molecule has 1 unspecified atom stereocenters. The van der Waals surface area contributed by atoms with Gasteiger partial charge in [-0.3, -0.25) is 4.68 Å². The Morgan fingerprint density at radius 2 is 1.90 bits per heavy atom. The van der Waals surface area contributed by atoms with E-state index in [9.17, 15) is 0 Å². The van der Waals surface area contributed by atoms with Crippen LogP contribution in [-0.4, -0.2) is 22.9 Å². The summed E-state index contributed by atoms with van der Waals surface area (Å²) in [5.41, 5.74) is 3.55. The summed E-state index contributed by atoms with van der Waals surface area (Å²) in [4.78, 5) is 0. The lowest BCUT2D eigenvalue weighted by atomic mass is 10.0. The summed E-state index contributed by atoms with van der Waals surface area (Å²) in [7, 11) is 2.01. The number of benzene rings is 1. The summed E-state index contributed by atoms with van der Waals surface area (Å²) < 4.78 is 7.49. The molecular weight excluding hydrogens is 262 g/mol. The Hall–Kier alpha value is -1.81. The summed E-state index contributed by atoms with van der Waals surface area (Å²) in [5, 5.41) is 8.10. The van der Waals surface area contributed by atoms with Gasteiger partial charge in [0.2, 0.25) is 0 Å². The zero-order valence-corrected chi connectivity index (χ0v) is 13.4. The van der Waals surface area contributed by atoms with E-state index in [1.807, 2.05) is 30.8 Å². The first-order valence-corrected chi connectivity index (χ1v) is 7.68. The molecule has 0 aliphatic rings. The lowest BCUT2D eigenvalue weighted by Crippen LogP contribution is -2.24. The maximum absolute atomic E-state index is 5.51. The van der Waals surface area contributed by atoms with Crippen molar-refractivity contribution in [2.24, 2.45) is 7.05 Å². The van der Waals surface area contributed by atoms with E-state index in [1.54, 1.807) is 0 Å². The second-order valence-corrected chi connectivity index (χ2v) is 5.03. The molecule has 2 aromatic rings. The number of ether oxygens (including phenoxy) is 1. The zero-order chi connectivity index (χ0) is 15.2. The van der Waals surface area contributed by atoms with E-state index in [2.05, 4.69) is 42.5 Å². The lowest BCUT2D eigenvalue weighted by molar-refractivity contribution is 0.340. The summed E-state index contributed by atoms with van der Waals surface area (Å²) in [6, 6.07) is 10.6. The minimum atomic E-state index is 0.156. The maximum Gasteiger partial charge on any atom is 0.119 e. The van der Waals surface area contributed by atoms with Crippen molar-refractivity contribution in [3.8, 4) is 5.75 Å². The molecule has 4 nitrogen and oxygen atoms in total. The summed E-state index contributed by atoms with van der Waals surface area (Å²) in [6.45, 7) is 7.85. The summed E-state index contributed by atoms with van der Waals surface area (Å²) >= 11 is 0. The van der Waals surface area contributed by atoms with Gasteiger partial charge in [-0.2, -0.15) is 5.10 Å². The highest BCUT2D eigenvalue weighted by molar-refractivity contribution is 5.34. The average molecular weight is 287 g/mol. The molecule has 0 saturated heterocycles. The topological polar surface area (TPSA) is 39.1 Å². The predicted octanol–water partition coefficient (Wildman–Crippen LogP) is 3.08. The van der Waals surface area contributed by atoms with Crippen LogP contribution in [0.3, 0.4) is 0 Å². The molecule has 0 bridgehead atoms. The van der Waals surface area contributed by atoms with Crippen molar-refractivity contribution in [1.29, 1.82) is 0 Å². The first-order chi connectivity index (χ1) is 10.2. The van der Waals surface area contributed by atoms with Gasteiger partial charge in [0, 0.05) is 7.05 Å². The van der Waals surface area contributed by atoms with Crippen LogP contribution in [0.15, 0.2) is 30.3 Å². The minimum Gasteiger partial charge on any atom is -0.494 e. The smallest absolute Gasteiger partial charge is 0.119 e. The highest BCUT2D eigenvalue weighted by atomic mass is 16.5. The average Bonchev–Trinajstić information content (AvgIpc) is 2.87. The summed E-state index contributed by atoms with van der Waals surface area (Å²) in [5.74, 6) is 0.913. The van der Waals surface area contributed by atoms with Gasteiger partial charge in [0.15, 0.2) is 0 Å². The van der Waals surface area contributed by atoms with Crippen molar-refractivity contribution in [3.63, 3.8) is 0 Å². The van der Waals surface area contributed by atoms with E-state index >= 15 is 0 Å². The number of aryl methyl sites for hydroxylation is 2. The van der Waals surface area contributed by atoms with E-state index in [-0.39, 0.29) is 6.04 Å². The second-order valence-electron chi connectivity index (χ2n) is 5.03. The van der Waals surface area contributed by atoms with Crippen molar-refractivity contribution in [1.82, 2.24) is 15.1 Å². The van der Waals surface area contributed by atoms with Gasteiger partial charge in [-0.15, -0.1) is 0 Å². The molecule has 114 valence electrons. The van der Waals surface area contributed by atoms with Crippen LogP contribution in [0.4, 0.5) is 0 Å². The highest BCUT2D eigenvalue weighted by Crippen LogP contribution is 2.24. The van der Waals surface area contributed by atoms with Gasteiger partial charge in [-0.1, -0.05) is 26.0 Å². The van der Waals surface area contributed by atoms with Gasteiger partial charge >= 0.3 is 0 Å². The van der Waals surface area contributed by atoms with Gasteiger partial charge in [0.05, 0.1) is 24.0 Å². The SMILES string of the molecule is CCNC(c1ccc(OCC)cc1)c1cc(CC)nn1C. The van der Waals surface area contributed by atoms with Crippen LogP contribution in [0.25, 0.3) is 0 Å². The van der Waals surface area contributed by atoms with Crippen LogP contribution < -0.4 is 10.1 Å². The fourth-order valence-electron chi connectivity index (χ4n) is 2.51. The van der Waals surface area contributed by atoms with Crippen LogP contribution in [0.2, 0.25) is 0 Å². The molecule has 4 heteroatoms. The molecule has 0 spiro atoms. The molecule has 0 amide bonds. The summed E-state index contributed by atoms with van der Waals surface area (Å²) in [6.07, 6.45) is 0.954. The van der Waals surface area contributed by atoms with Gasteiger partial charge in [-0.25, -0.2) is 0 Å². The minimum absolute atomic E-state index is 0.156. The molecule has 21 heavy (non-hydrogen) atoms. The largest absolute Gasteiger partial charge is 0.494 e. The Morgan fingerprint density at radius 3 is 2.43 bits per heavy atom. The van der Waals surface area contributed by atoms with Crippen molar-refractivity contribution in [2.45, 2.75) is 33.2 Å². The molecule has 2 rings (SSSR count). The van der Waals surface area contributed by atoms with Gasteiger partial charge in [-0.05, 0) is 43.7 Å². The van der Waals surface area contributed by atoms with Crippen molar-refractivity contribution in [3.05, 3.63) is 47.3 Å². The highest BCUT2D eigenvalue weighted by Gasteiger charge is 2.17. The van der Waals surface area contributed by atoms with Crippen molar-refractivity contribution >= 4 is 0 Å². The number of rotatable bonds is 7. The van der Waals surface area contributed by atoms with E-state index in [4.69, 9.17) is 4.74 Å². The fraction of sp³-hybridized carbons (Fsp3) is 0.471. The number of nitrogens with zero attached hydrogens (tertiary/aromatic N) is 2. The molecule has 0 aliphatic carbocycles. The van der Waals surface area contributed by atoms with E-state index < -0.39 is 0 Å². The monoisotopic (exact) mass is 287 g/mol. The first-order valence-electron chi connectivity index (χ1n) is 7.68. The van der Waals surface area contributed by atoms with E-state index in [1.165, 1.54) is 11.3 Å². The third kappa shape index (κ3) is 3.64. The first kappa shape index (κ1) is 15.6. The molecule has 0 radical (unpaired) electrons. The fourth-order valence-corrected chi connectivity index (χ4v) is 2.51. The number of nitrogens with one attached hydrogen (secondary N) is 1. The van der Waals surface area contributed by atoms with Gasteiger partial charge in [0.25, 0.3) is 0 Å². The van der Waals surface area contributed by atoms with Gasteiger partial charge in [0.1, 0.15) is 5.75 Å². The molecule has 1 aromatic carbocycles. The van der Waals surface area contributed by atoms with Crippen LogP contribution in [0.1, 0.15) is 43.8 Å². The third-order valence-corrected chi connectivity index (χ3v) is 3.56. The standard InChI is InChI=1S/C17H25N3O/c1-5-14-12-16(20(4)19-14)17(18-6-2)13-8-10-15(11-9-13)21-7-3/h8-12,17-18H,5-7H2,1-4H3. The maximum atomic E-state index is 5.51. The Kier molecular flexibility index (Phi) is 5.39. The molecule has 0 saturated carbocycles. The van der Waals surface area contributed by atoms with Crippen LogP contribution in [0, 0.1) is 0 Å². The molecule has 1 atom stereocenters. The van der Waals surface area contributed by atoms with Gasteiger partial charge < -0.3 is 10.1 Å². The van der Waals surface area contributed by atoms with Crippen LogP contribution in [0.5, 0.6) is 5.75 Å². The Labute approximate surface area is 127 Å². The quantitative estimate of drug-likeness (QED) is 0.850. The number of aromatic nitrogens is 2. The Morgan fingerprint density at radius 1 is 1.19 bits per heavy atom. The Bertz CT molecular complexity index is 560. The second kappa shape index (κ2) is 7.27. The normalized spacial score (nSPS) is 12.4. The van der Waals surface area contributed by atoms with E-state index in [0.29, 0.717) is 6.61 Å². The zero-order valence-electron chi connectivity index (χ0n) is 13.4. The molecule has 1 aromatic heterocycles. The molecule has 0 fully saturated rings. The van der Waals surface area contributed by atoms with Crippen molar-refractivity contribution in [2.75, 3.05) is 13.2 Å². The lowest BCUT2D eigenvalue weighted by Gasteiger charge is -2.19. The van der Waals surface area contributed by atoms with Crippen LogP contribution >= 0.6 is 0 Å². The number of hydrogen-bond donors (Lipinski definition) is 1. The van der Waals surface area contributed by atoms with Crippen LogP contribution in [-0.2, 0) is 13.5 Å². The number of hydrogen-bond acceptors (Lipinski definition) is 3. The molecule has 0 aliphatic heterocycles. The third-order valence-electron chi connectivity index (χ3n) is 3.56.